The van der Waals surface area contributed by atoms with E-state index >= 15 is 0 Å². The van der Waals surface area contributed by atoms with Gasteiger partial charge in [-0.25, -0.2) is 9.78 Å². The van der Waals surface area contributed by atoms with E-state index in [1.807, 2.05) is 54.6 Å². The molecule has 3 aromatic carbocycles. The van der Waals surface area contributed by atoms with Crippen LogP contribution in [0.4, 0.5) is 5.69 Å². The highest BCUT2D eigenvalue weighted by Gasteiger charge is 2.19. The number of carbonyl (C=O) groups is 2. The van der Waals surface area contributed by atoms with E-state index in [2.05, 4.69) is 79.1 Å². The third kappa shape index (κ3) is 12.1. The largest absolute Gasteiger partial charge is 0.479 e. The summed E-state index contributed by atoms with van der Waals surface area (Å²) in [6, 6.07) is 25.8. The van der Waals surface area contributed by atoms with Gasteiger partial charge in [-0.2, -0.15) is 0 Å². The van der Waals surface area contributed by atoms with Crippen LogP contribution in [-0.2, 0) is 16.0 Å². The van der Waals surface area contributed by atoms with Crippen molar-refractivity contribution < 1.29 is 19.8 Å². The van der Waals surface area contributed by atoms with Gasteiger partial charge < -0.3 is 30.8 Å². The van der Waals surface area contributed by atoms with Gasteiger partial charge in [-0.15, -0.1) is 6.58 Å². The van der Waals surface area contributed by atoms with Gasteiger partial charge in [0.2, 0.25) is 5.91 Å². The number of imidazole rings is 1. The number of aliphatic hydroxyl groups is 1. The molecule has 4 aromatic rings. The van der Waals surface area contributed by atoms with E-state index in [0.29, 0.717) is 30.8 Å². The van der Waals surface area contributed by atoms with Crippen molar-refractivity contribution in [3.05, 3.63) is 138 Å². The van der Waals surface area contributed by atoms with Crippen molar-refractivity contribution in [3.8, 4) is 22.6 Å². The van der Waals surface area contributed by atoms with Crippen molar-refractivity contribution in [3.63, 3.8) is 0 Å². The molecule has 0 saturated carbocycles. The Kier molecular flexibility index (Phi) is 16.0. The zero-order chi connectivity index (χ0) is 38.9. The van der Waals surface area contributed by atoms with Crippen LogP contribution >= 0.6 is 0 Å². The van der Waals surface area contributed by atoms with E-state index in [1.165, 1.54) is 5.56 Å². The number of benzene rings is 3. The SMILES string of the molecule is C=CCC(/C=C/C(=O)NCCCc1ccccc1)=C\C=C(/CC)c1nc(-c2ccc(N(C)CCCC)cc2)[nH]c1-c1ccc(C(=N)CC(O)C(=O)O)cc1. The lowest BCUT2D eigenvalue weighted by Gasteiger charge is -2.19. The Morgan fingerprint density at radius 3 is 2.31 bits per heavy atom. The standard InChI is InChI=1S/C45H53N5O4/c1-5-8-30-50(4)38-26-24-37(25-27-38)44-48-42(43(49-44)36-22-20-35(21-23-36)39(46)31-40(51)45(53)54)34(7-3)19-17-32(13-6-2)18-28-41(52)47-29-12-16-33-14-10-9-11-15-33/h6,9-11,14-15,17-28,40,46,51H,2,5,7-8,12-13,16,29-31H2,1,3-4H3,(H,47,52)(H,48,49)(H,53,54)/b28-18+,32-17+,34-19+,46-39?. The minimum absolute atomic E-state index is 0.0360. The van der Waals surface area contributed by atoms with Crippen LogP contribution in [0.2, 0.25) is 0 Å². The van der Waals surface area contributed by atoms with Crippen LogP contribution in [0.15, 0.2) is 121 Å². The number of carbonyl (C=O) groups excluding carboxylic acids is 1. The molecule has 4 rings (SSSR count). The summed E-state index contributed by atoms with van der Waals surface area (Å²) in [6.45, 7) is 9.74. The molecule has 5 N–H and O–H groups in total. The Morgan fingerprint density at radius 2 is 1.67 bits per heavy atom. The number of H-pyrrole nitrogens is 1. The van der Waals surface area contributed by atoms with Crippen molar-refractivity contribution >= 4 is 28.8 Å². The van der Waals surface area contributed by atoms with E-state index in [9.17, 15) is 14.7 Å². The molecule has 0 fully saturated rings. The minimum atomic E-state index is -1.64. The van der Waals surface area contributed by atoms with Crippen molar-refractivity contribution in [2.75, 3.05) is 25.0 Å². The summed E-state index contributed by atoms with van der Waals surface area (Å²) in [5.74, 6) is -0.791. The van der Waals surface area contributed by atoms with Gasteiger partial charge in [-0.1, -0.05) is 99.2 Å². The summed E-state index contributed by atoms with van der Waals surface area (Å²) >= 11 is 0. The normalized spacial score (nSPS) is 12.4. The highest BCUT2D eigenvalue weighted by Crippen LogP contribution is 2.33. The number of hydrogen-bond acceptors (Lipinski definition) is 6. The van der Waals surface area contributed by atoms with Crippen LogP contribution < -0.4 is 10.2 Å². The number of carboxylic acids is 1. The molecule has 54 heavy (non-hydrogen) atoms. The summed E-state index contributed by atoms with van der Waals surface area (Å²) in [5, 5.41) is 30.2. The number of aromatic nitrogens is 2. The molecule has 1 unspecified atom stereocenters. The summed E-state index contributed by atoms with van der Waals surface area (Å²) < 4.78 is 0. The molecule has 1 atom stereocenters. The lowest BCUT2D eigenvalue weighted by molar-refractivity contribution is -0.146. The summed E-state index contributed by atoms with van der Waals surface area (Å²) in [5.41, 5.74) is 8.19. The number of anilines is 1. The molecular weight excluding hydrogens is 675 g/mol. The molecule has 0 aliphatic heterocycles. The number of aryl methyl sites for hydroxylation is 1. The quantitative estimate of drug-likeness (QED) is 0.0191. The molecule has 0 aliphatic rings. The van der Waals surface area contributed by atoms with E-state index in [0.717, 1.165) is 71.6 Å². The number of nitrogens with zero attached hydrogens (tertiary/aromatic N) is 2. The predicted octanol–water partition coefficient (Wildman–Crippen LogP) is 8.78. The van der Waals surface area contributed by atoms with Gasteiger partial charge in [0.05, 0.1) is 11.4 Å². The van der Waals surface area contributed by atoms with Crippen LogP contribution in [0, 0.1) is 5.41 Å². The number of allylic oxidation sites excluding steroid dienone is 6. The highest BCUT2D eigenvalue weighted by molar-refractivity contribution is 6.00. The first kappa shape index (κ1) is 41.0. The van der Waals surface area contributed by atoms with E-state index < -0.39 is 12.1 Å². The lowest BCUT2D eigenvalue weighted by Crippen LogP contribution is -2.23. The Morgan fingerprint density at radius 1 is 0.963 bits per heavy atom. The van der Waals surface area contributed by atoms with Crippen molar-refractivity contribution in [2.24, 2.45) is 0 Å². The molecule has 0 saturated heterocycles. The fourth-order valence-electron chi connectivity index (χ4n) is 5.91. The fraction of sp³-hybridized carbons (Fsp3) is 0.289. The van der Waals surface area contributed by atoms with Crippen molar-refractivity contribution in [2.45, 2.75) is 64.9 Å². The molecular formula is C45H53N5O4. The molecule has 0 aliphatic carbocycles. The molecule has 9 heteroatoms. The first-order valence-electron chi connectivity index (χ1n) is 18.6. The molecule has 9 nitrogen and oxygen atoms in total. The Balaban J connectivity index is 1.62. The summed E-state index contributed by atoms with van der Waals surface area (Å²) in [6.07, 6.45) is 12.6. The number of unbranched alkanes of at least 4 members (excludes halogenated alkanes) is 1. The third-order valence-corrected chi connectivity index (χ3v) is 9.13. The molecule has 282 valence electrons. The number of nitrogens with one attached hydrogen (secondary N) is 3. The zero-order valence-corrected chi connectivity index (χ0v) is 31.6. The van der Waals surface area contributed by atoms with Gasteiger partial charge in [0.1, 0.15) is 5.82 Å². The van der Waals surface area contributed by atoms with Gasteiger partial charge in [-0.3, -0.25) is 4.79 Å². The average Bonchev–Trinajstić information content (AvgIpc) is 3.63. The second-order valence-electron chi connectivity index (χ2n) is 13.2. The van der Waals surface area contributed by atoms with Crippen LogP contribution in [-0.4, -0.2) is 64.0 Å². The smallest absolute Gasteiger partial charge is 0.332 e. The maximum atomic E-state index is 12.6. The second-order valence-corrected chi connectivity index (χ2v) is 13.2. The zero-order valence-electron chi connectivity index (χ0n) is 31.6. The van der Waals surface area contributed by atoms with Gasteiger partial charge in [-0.05, 0) is 78.6 Å². The second kappa shape index (κ2) is 21.0. The van der Waals surface area contributed by atoms with Crippen molar-refractivity contribution in [1.82, 2.24) is 15.3 Å². The van der Waals surface area contributed by atoms with E-state index in [4.69, 9.17) is 15.5 Å². The van der Waals surface area contributed by atoms with Gasteiger partial charge in [0.25, 0.3) is 0 Å². The van der Waals surface area contributed by atoms with E-state index in [-0.39, 0.29) is 18.0 Å². The number of aromatic amines is 1. The maximum Gasteiger partial charge on any atom is 0.332 e. The molecule has 1 aromatic heterocycles. The van der Waals surface area contributed by atoms with Crippen LogP contribution in [0.3, 0.4) is 0 Å². The number of carboxylic acid groups (broad SMARTS) is 1. The number of aliphatic hydroxyl groups excluding tert-OH is 1. The van der Waals surface area contributed by atoms with E-state index in [1.54, 1.807) is 18.2 Å². The highest BCUT2D eigenvalue weighted by atomic mass is 16.4. The molecule has 0 radical (unpaired) electrons. The Labute approximate surface area is 319 Å². The summed E-state index contributed by atoms with van der Waals surface area (Å²) in [4.78, 5) is 34.7. The van der Waals surface area contributed by atoms with Crippen LogP contribution in [0.1, 0.15) is 69.2 Å². The van der Waals surface area contributed by atoms with Gasteiger partial charge in [0.15, 0.2) is 6.10 Å². The number of amides is 1. The van der Waals surface area contributed by atoms with Gasteiger partial charge >= 0.3 is 5.97 Å². The monoisotopic (exact) mass is 727 g/mol. The lowest BCUT2D eigenvalue weighted by atomic mass is 9.99. The number of aliphatic carboxylic acids is 1. The third-order valence-electron chi connectivity index (χ3n) is 9.13. The van der Waals surface area contributed by atoms with Crippen LogP contribution in [0.25, 0.3) is 28.2 Å². The molecule has 0 spiro atoms. The Bertz CT molecular complexity index is 1940. The van der Waals surface area contributed by atoms with Gasteiger partial charge in [0, 0.05) is 55.2 Å². The van der Waals surface area contributed by atoms with Crippen LogP contribution in [0.5, 0.6) is 0 Å². The first-order chi connectivity index (χ1) is 26.1. The topological polar surface area (TPSA) is 142 Å². The molecule has 1 amide bonds. The first-order valence-corrected chi connectivity index (χ1v) is 18.6. The number of hydrogen-bond donors (Lipinski definition) is 5. The Hall–Kier alpha value is -5.80. The summed E-state index contributed by atoms with van der Waals surface area (Å²) in [7, 11) is 2.10. The average molecular weight is 728 g/mol. The molecule has 1 heterocycles. The maximum absolute atomic E-state index is 12.6. The van der Waals surface area contributed by atoms with Crippen molar-refractivity contribution in [1.29, 1.82) is 5.41 Å². The number of rotatable bonds is 21. The predicted molar refractivity (Wildman–Crippen MR) is 221 cm³/mol. The minimum Gasteiger partial charge on any atom is -0.479 e. The fourth-order valence-corrected chi connectivity index (χ4v) is 5.91. The molecule has 0 bridgehead atoms.